The second-order valence-corrected chi connectivity index (χ2v) is 28.9. The highest BCUT2D eigenvalue weighted by molar-refractivity contribution is 7.47. The molecule has 0 saturated heterocycles. The predicted molar refractivity (Wildman–Crippen MR) is 399 cm³/mol. The molecule has 0 aliphatic rings. The first kappa shape index (κ1) is 94.2. The first-order chi connectivity index (χ1) is 47.7. The van der Waals surface area contributed by atoms with Gasteiger partial charge in [0, 0.05) is 25.7 Å². The molecular formula is C79H140O17P2. The molecule has 0 aliphatic heterocycles. The highest BCUT2D eigenvalue weighted by atomic mass is 31.2. The van der Waals surface area contributed by atoms with E-state index in [4.69, 9.17) is 37.0 Å². The summed E-state index contributed by atoms with van der Waals surface area (Å²) in [5, 5.41) is 10.6. The third-order valence-corrected chi connectivity index (χ3v) is 18.2. The van der Waals surface area contributed by atoms with Crippen LogP contribution in [0.5, 0.6) is 0 Å². The van der Waals surface area contributed by atoms with Crippen molar-refractivity contribution in [2.45, 2.75) is 354 Å². The quantitative estimate of drug-likeness (QED) is 0.0128. The molecule has 5 atom stereocenters. The molecule has 0 aromatic carbocycles. The fraction of sp³-hybridized carbons (Fsp3) is 0.772. The summed E-state index contributed by atoms with van der Waals surface area (Å²) in [4.78, 5) is 72.9. The lowest BCUT2D eigenvalue weighted by Gasteiger charge is -2.21. The van der Waals surface area contributed by atoms with Crippen molar-refractivity contribution in [3.63, 3.8) is 0 Å². The van der Waals surface area contributed by atoms with Crippen LogP contribution in [0.1, 0.15) is 336 Å². The molecule has 0 fully saturated rings. The summed E-state index contributed by atoms with van der Waals surface area (Å²) in [6, 6.07) is 0. The Balaban J connectivity index is 5.38. The predicted octanol–water partition coefficient (Wildman–Crippen LogP) is 22.2. The number of hydrogen-bond acceptors (Lipinski definition) is 15. The molecule has 0 saturated carbocycles. The molecule has 0 amide bonds. The Labute approximate surface area is 595 Å². The van der Waals surface area contributed by atoms with Crippen molar-refractivity contribution < 1.29 is 80.2 Å². The Kier molecular flexibility index (Phi) is 68.9. The van der Waals surface area contributed by atoms with Crippen molar-refractivity contribution in [3.05, 3.63) is 85.1 Å². The molecular weight excluding hydrogens is 1280 g/mol. The Bertz CT molecular complexity index is 2190. The summed E-state index contributed by atoms with van der Waals surface area (Å²) in [5.74, 6) is -2.22. The fourth-order valence-corrected chi connectivity index (χ4v) is 11.9. The van der Waals surface area contributed by atoms with Crippen molar-refractivity contribution in [2.24, 2.45) is 0 Å². The zero-order valence-electron chi connectivity index (χ0n) is 62.0. The third-order valence-electron chi connectivity index (χ3n) is 16.3. The average Bonchev–Trinajstić information content (AvgIpc) is 1.04. The monoisotopic (exact) mass is 1420 g/mol. The molecule has 0 aliphatic carbocycles. The van der Waals surface area contributed by atoms with E-state index in [1.165, 1.54) is 89.9 Å². The molecule has 2 unspecified atom stereocenters. The second kappa shape index (κ2) is 71.6. The van der Waals surface area contributed by atoms with E-state index in [1.54, 1.807) is 0 Å². The number of unbranched alkanes of at least 4 members (excludes halogenated alkanes) is 34. The number of carbonyl (C=O) groups excluding carboxylic acids is 4. The lowest BCUT2D eigenvalue weighted by atomic mass is 10.1. The van der Waals surface area contributed by atoms with E-state index in [1.807, 2.05) is 0 Å². The number of hydrogen-bond donors (Lipinski definition) is 3. The number of aliphatic hydroxyl groups is 1. The minimum Gasteiger partial charge on any atom is -0.462 e. The minimum atomic E-state index is -4.98. The molecule has 0 bridgehead atoms. The van der Waals surface area contributed by atoms with Crippen LogP contribution in [0, 0.1) is 0 Å². The average molecular weight is 1420 g/mol. The van der Waals surface area contributed by atoms with Crippen LogP contribution in [0.15, 0.2) is 85.1 Å². The van der Waals surface area contributed by atoms with Crippen LogP contribution in [0.4, 0.5) is 0 Å². The number of rotatable bonds is 73. The molecule has 0 rings (SSSR count). The molecule has 19 heteroatoms. The van der Waals surface area contributed by atoms with E-state index in [0.29, 0.717) is 25.7 Å². The molecule has 3 N–H and O–H groups in total. The van der Waals surface area contributed by atoms with Crippen molar-refractivity contribution in [2.75, 3.05) is 39.6 Å². The minimum absolute atomic E-state index is 0.0766. The number of phosphoric acid groups is 2. The maximum atomic E-state index is 13.1. The number of aliphatic hydroxyl groups excluding tert-OH is 1. The van der Waals surface area contributed by atoms with Crippen LogP contribution in [-0.2, 0) is 65.4 Å². The van der Waals surface area contributed by atoms with E-state index >= 15 is 0 Å². The zero-order chi connectivity index (χ0) is 71.8. The van der Waals surface area contributed by atoms with Gasteiger partial charge in [-0.15, -0.1) is 0 Å². The molecule has 17 nitrogen and oxygen atoms in total. The van der Waals surface area contributed by atoms with Crippen LogP contribution in [0.25, 0.3) is 0 Å². The standard InChI is InChI=1S/C79H140O17P2/c1-5-9-13-17-21-25-29-33-36-40-44-48-52-56-60-64-77(82)90-70-75(96-79(84)66-62-58-54-50-46-42-38-35-31-27-23-19-15-11-7-3)72-94-98(87,88)92-68-73(80)67-91-97(85,86)93-71-74(69-89-76(81)63-59-55-51-47-43-39-32-28-24-20-16-12-8-4)95-78(83)65-61-57-53-49-45-41-37-34-30-26-22-18-14-10-6-2/h21,23,25-28,30,32-38,73-75,80H,5-20,22,24,29,31,39-72H2,1-4H3,(H,85,86)(H,87,88)/b25-21-,27-23-,30-26-,32-28-,36-33-,37-34-,38-35-/t73-,74+,75+/m0/s1. The summed E-state index contributed by atoms with van der Waals surface area (Å²) in [6.07, 6.45) is 72.7. The van der Waals surface area contributed by atoms with Crippen molar-refractivity contribution in [1.82, 2.24) is 0 Å². The first-order valence-corrected chi connectivity index (χ1v) is 41.8. The van der Waals surface area contributed by atoms with Gasteiger partial charge in [0.15, 0.2) is 12.2 Å². The topological polar surface area (TPSA) is 237 Å². The Hall–Kier alpha value is -3.76. The largest absolute Gasteiger partial charge is 0.472 e. The third kappa shape index (κ3) is 70.7. The van der Waals surface area contributed by atoms with Crippen LogP contribution < -0.4 is 0 Å². The number of ether oxygens (including phenoxy) is 4. The van der Waals surface area contributed by atoms with Gasteiger partial charge in [-0.25, -0.2) is 9.13 Å². The van der Waals surface area contributed by atoms with Gasteiger partial charge in [0.05, 0.1) is 26.4 Å². The van der Waals surface area contributed by atoms with Crippen LogP contribution >= 0.6 is 15.6 Å². The van der Waals surface area contributed by atoms with Gasteiger partial charge in [-0.1, -0.05) is 254 Å². The Morgan fingerprint density at radius 3 is 0.847 bits per heavy atom. The van der Waals surface area contributed by atoms with E-state index in [9.17, 15) is 43.2 Å². The van der Waals surface area contributed by atoms with Gasteiger partial charge < -0.3 is 33.8 Å². The smallest absolute Gasteiger partial charge is 0.462 e. The van der Waals surface area contributed by atoms with Gasteiger partial charge in [0.2, 0.25) is 0 Å². The van der Waals surface area contributed by atoms with E-state index in [-0.39, 0.29) is 25.7 Å². The van der Waals surface area contributed by atoms with Gasteiger partial charge in [0.1, 0.15) is 19.3 Å². The first-order valence-electron chi connectivity index (χ1n) is 38.8. The maximum absolute atomic E-state index is 13.1. The molecule has 568 valence electrons. The van der Waals surface area contributed by atoms with Gasteiger partial charge in [-0.2, -0.15) is 0 Å². The summed E-state index contributed by atoms with van der Waals surface area (Å²) in [5.41, 5.74) is 0. The summed E-state index contributed by atoms with van der Waals surface area (Å²) in [6.45, 7) is 4.76. The number of carbonyl (C=O) groups is 4. The number of allylic oxidation sites excluding steroid dienone is 14. The highest BCUT2D eigenvalue weighted by Crippen LogP contribution is 2.45. The lowest BCUT2D eigenvalue weighted by Crippen LogP contribution is -2.30. The molecule has 0 radical (unpaired) electrons. The molecule has 0 heterocycles. The number of phosphoric ester groups is 2. The van der Waals surface area contributed by atoms with E-state index in [0.717, 1.165) is 167 Å². The summed E-state index contributed by atoms with van der Waals surface area (Å²) in [7, 11) is -9.96. The second-order valence-electron chi connectivity index (χ2n) is 26.0. The SMILES string of the molecule is CCCCC/C=C\C/C=C\CCCCCCCC(=O)OC[C@H](COP(=O)(O)OC[C@@H](O)COP(=O)(O)OC[C@@H](COC(=O)CCCCCCC/C=C\CCCCCC)OC(=O)CCCCCCC/C=C\C=C/CCCCCC)OC(=O)CCCCCCC/C=C\C/C=C\CCCCC. The Morgan fingerprint density at radius 1 is 0.296 bits per heavy atom. The van der Waals surface area contributed by atoms with Gasteiger partial charge in [0.25, 0.3) is 0 Å². The maximum Gasteiger partial charge on any atom is 0.472 e. The Morgan fingerprint density at radius 2 is 0.531 bits per heavy atom. The molecule has 0 aromatic heterocycles. The van der Waals surface area contributed by atoms with Crippen LogP contribution in [-0.4, -0.2) is 96.7 Å². The summed E-state index contributed by atoms with van der Waals surface area (Å²) < 4.78 is 68.5. The molecule has 0 aromatic rings. The summed E-state index contributed by atoms with van der Waals surface area (Å²) >= 11 is 0. The fourth-order valence-electron chi connectivity index (χ4n) is 10.3. The van der Waals surface area contributed by atoms with Gasteiger partial charge >= 0.3 is 39.5 Å². The number of esters is 4. The normalized spacial score (nSPS) is 14.4. The van der Waals surface area contributed by atoms with Crippen molar-refractivity contribution >= 4 is 39.5 Å². The van der Waals surface area contributed by atoms with Crippen molar-refractivity contribution in [1.29, 1.82) is 0 Å². The van der Waals surface area contributed by atoms with Crippen molar-refractivity contribution in [3.8, 4) is 0 Å². The van der Waals surface area contributed by atoms with Crippen LogP contribution in [0.2, 0.25) is 0 Å². The van der Waals surface area contributed by atoms with Gasteiger partial charge in [-0.05, 0) is 141 Å². The highest BCUT2D eigenvalue weighted by Gasteiger charge is 2.30. The van der Waals surface area contributed by atoms with Gasteiger partial charge in [-0.3, -0.25) is 37.3 Å². The lowest BCUT2D eigenvalue weighted by molar-refractivity contribution is -0.161. The van der Waals surface area contributed by atoms with E-state index in [2.05, 4.69) is 113 Å². The zero-order valence-corrected chi connectivity index (χ0v) is 63.7. The van der Waals surface area contributed by atoms with Crippen LogP contribution in [0.3, 0.4) is 0 Å². The molecule has 0 spiro atoms. The van der Waals surface area contributed by atoms with E-state index < -0.39 is 97.5 Å². The molecule has 98 heavy (non-hydrogen) atoms.